The van der Waals surface area contributed by atoms with Gasteiger partial charge in [-0.1, -0.05) is 24.3 Å². The number of fused-ring (bicyclic) bond motifs is 2. The van der Waals surface area contributed by atoms with E-state index in [-0.39, 0.29) is 46.2 Å². The van der Waals surface area contributed by atoms with Gasteiger partial charge in [-0.05, 0) is 59.7 Å². The number of hydrogen-bond acceptors (Lipinski definition) is 12. The number of ketones is 2. The van der Waals surface area contributed by atoms with Crippen LogP contribution in [0.1, 0.15) is 55.4 Å². The van der Waals surface area contributed by atoms with Crippen molar-refractivity contribution in [3.8, 4) is 23.0 Å². The van der Waals surface area contributed by atoms with Gasteiger partial charge in [0.05, 0.1) is 49.7 Å². The first kappa shape index (κ1) is 33.4. The molecule has 2 fully saturated rings. The predicted octanol–water partition coefficient (Wildman–Crippen LogP) is 4.78. The SMILES string of the molecule is COc1ccc(C2OCCN2CCNc2ccc(NCCN3CCOC3c3ccc(OC)cc3)c3c2C(=O)c2c(O)ccc(O)c2C3=O)cc1. The van der Waals surface area contributed by atoms with Crippen molar-refractivity contribution in [3.63, 3.8) is 0 Å². The molecule has 4 aromatic rings. The molecule has 2 saturated heterocycles. The van der Waals surface area contributed by atoms with E-state index in [1.54, 1.807) is 26.4 Å². The maximum atomic E-state index is 14.1. The molecule has 2 aliphatic heterocycles. The molecule has 0 amide bonds. The lowest BCUT2D eigenvalue weighted by atomic mass is 9.81. The van der Waals surface area contributed by atoms with Crippen LogP contribution in [0, 0.1) is 0 Å². The molecule has 260 valence electrons. The molecule has 1 aliphatic carbocycles. The first-order chi connectivity index (χ1) is 24.4. The summed E-state index contributed by atoms with van der Waals surface area (Å²) in [5.74, 6) is -0.261. The van der Waals surface area contributed by atoms with Gasteiger partial charge in [-0.25, -0.2) is 0 Å². The summed E-state index contributed by atoms with van der Waals surface area (Å²) in [5, 5.41) is 28.1. The van der Waals surface area contributed by atoms with Crippen molar-refractivity contribution < 1.29 is 38.7 Å². The maximum Gasteiger partial charge on any atom is 0.200 e. The average Bonchev–Trinajstić information content (AvgIpc) is 3.82. The first-order valence-corrected chi connectivity index (χ1v) is 16.7. The molecule has 7 rings (SSSR count). The smallest absolute Gasteiger partial charge is 0.200 e. The van der Waals surface area contributed by atoms with Crippen molar-refractivity contribution in [2.45, 2.75) is 12.5 Å². The molecule has 2 unspecified atom stereocenters. The number of ether oxygens (including phenoxy) is 4. The Bertz CT molecular complexity index is 1750. The molecular formula is C38H40N4O8. The number of methoxy groups -OCH3 is 2. The Morgan fingerprint density at radius 1 is 0.620 bits per heavy atom. The highest BCUT2D eigenvalue weighted by Gasteiger charge is 2.38. The fourth-order valence-corrected chi connectivity index (χ4v) is 6.95. The largest absolute Gasteiger partial charge is 0.507 e. The normalized spacial score (nSPS) is 18.9. The van der Waals surface area contributed by atoms with Crippen molar-refractivity contribution in [1.82, 2.24) is 9.80 Å². The number of anilines is 2. The zero-order chi connectivity index (χ0) is 34.8. The van der Waals surface area contributed by atoms with Gasteiger partial charge in [0.2, 0.25) is 11.6 Å². The molecule has 12 heteroatoms. The minimum absolute atomic E-state index is 0.151. The zero-order valence-corrected chi connectivity index (χ0v) is 28.0. The van der Waals surface area contributed by atoms with Crippen molar-refractivity contribution in [2.75, 3.05) is 77.3 Å². The molecule has 2 heterocycles. The third kappa shape index (κ3) is 6.34. The van der Waals surface area contributed by atoms with Gasteiger partial charge in [-0.3, -0.25) is 19.4 Å². The van der Waals surface area contributed by atoms with Gasteiger partial charge in [0, 0.05) is 50.6 Å². The molecule has 0 bridgehead atoms. The maximum absolute atomic E-state index is 14.1. The van der Waals surface area contributed by atoms with Gasteiger partial charge in [-0.2, -0.15) is 0 Å². The van der Waals surface area contributed by atoms with Crippen LogP contribution in [0.4, 0.5) is 11.4 Å². The summed E-state index contributed by atoms with van der Waals surface area (Å²) in [6, 6.07) is 21.6. The highest BCUT2D eigenvalue weighted by molar-refractivity contribution is 6.33. The van der Waals surface area contributed by atoms with Crippen LogP contribution in [0.15, 0.2) is 72.8 Å². The minimum atomic E-state index is -0.540. The number of aromatic hydroxyl groups is 2. The molecular weight excluding hydrogens is 640 g/mol. The molecule has 2 atom stereocenters. The average molecular weight is 681 g/mol. The number of phenols is 2. The van der Waals surface area contributed by atoms with Crippen LogP contribution < -0.4 is 20.1 Å². The second-order valence-corrected chi connectivity index (χ2v) is 12.3. The van der Waals surface area contributed by atoms with Crippen molar-refractivity contribution in [3.05, 3.63) is 106 Å². The Kier molecular flexibility index (Phi) is 9.59. The fourth-order valence-electron chi connectivity index (χ4n) is 6.95. The third-order valence-electron chi connectivity index (χ3n) is 9.48. The quantitative estimate of drug-likeness (QED) is 0.135. The molecule has 4 N–H and O–H groups in total. The molecule has 50 heavy (non-hydrogen) atoms. The summed E-state index contributed by atoms with van der Waals surface area (Å²) in [6.45, 7) is 4.76. The number of carbonyl (C=O) groups excluding carboxylic acids is 2. The molecule has 0 saturated carbocycles. The van der Waals surface area contributed by atoms with Crippen LogP contribution in [0.5, 0.6) is 23.0 Å². The number of rotatable bonds is 12. The van der Waals surface area contributed by atoms with Crippen LogP contribution in [0.3, 0.4) is 0 Å². The molecule has 0 spiro atoms. The molecule has 4 aromatic carbocycles. The molecule has 3 aliphatic rings. The molecule has 12 nitrogen and oxygen atoms in total. The number of nitrogens with one attached hydrogen (secondary N) is 2. The lowest BCUT2D eigenvalue weighted by molar-refractivity contribution is 0.0345. The van der Waals surface area contributed by atoms with Gasteiger partial charge >= 0.3 is 0 Å². The van der Waals surface area contributed by atoms with E-state index in [9.17, 15) is 19.8 Å². The standard InChI is InChI=1S/C38H40N4O8/c1-47-25-7-3-23(4-8-25)37-41(19-21-49-37)17-15-39-27-11-12-28(32-31(27)35(45)33-29(43)13-14-30(44)34(33)36(32)46)40-16-18-42-20-22-50-38(42)24-5-9-26(48-2)10-6-24/h3-14,37-40,43-44H,15-22H2,1-2H3. The van der Waals surface area contributed by atoms with E-state index in [0.29, 0.717) is 50.8 Å². The third-order valence-corrected chi connectivity index (χ3v) is 9.48. The van der Waals surface area contributed by atoms with Crippen molar-refractivity contribution in [1.29, 1.82) is 0 Å². The Balaban J connectivity index is 1.10. The Morgan fingerprint density at radius 3 is 1.40 bits per heavy atom. The lowest BCUT2D eigenvalue weighted by Crippen LogP contribution is -2.31. The number of benzene rings is 4. The van der Waals surface area contributed by atoms with E-state index < -0.39 is 11.6 Å². The highest BCUT2D eigenvalue weighted by atomic mass is 16.5. The van der Waals surface area contributed by atoms with Gasteiger partial charge in [0.15, 0.2) is 0 Å². The topological polar surface area (TPSA) is 142 Å². The van der Waals surface area contributed by atoms with Crippen LogP contribution in [-0.2, 0) is 9.47 Å². The van der Waals surface area contributed by atoms with Crippen LogP contribution in [-0.4, -0.2) is 98.3 Å². The second kappa shape index (κ2) is 14.4. The molecule has 0 radical (unpaired) electrons. The summed E-state index contributed by atoms with van der Waals surface area (Å²) in [6.07, 6.45) is -0.438. The van der Waals surface area contributed by atoms with Crippen molar-refractivity contribution >= 4 is 22.9 Å². The number of carbonyl (C=O) groups is 2. The molecule has 0 aromatic heterocycles. The van der Waals surface area contributed by atoms with E-state index in [4.69, 9.17) is 18.9 Å². The predicted molar refractivity (Wildman–Crippen MR) is 187 cm³/mol. The van der Waals surface area contributed by atoms with E-state index in [1.807, 2.05) is 48.5 Å². The van der Waals surface area contributed by atoms with Crippen molar-refractivity contribution in [2.24, 2.45) is 0 Å². The van der Waals surface area contributed by atoms with Crippen LogP contribution >= 0.6 is 0 Å². The Labute approximate surface area is 290 Å². The van der Waals surface area contributed by atoms with E-state index >= 15 is 0 Å². The fraction of sp³-hybridized carbons (Fsp3) is 0.316. The number of nitrogens with zero attached hydrogens (tertiary/aromatic N) is 2. The zero-order valence-electron chi connectivity index (χ0n) is 28.0. The minimum Gasteiger partial charge on any atom is -0.507 e. The summed E-state index contributed by atoms with van der Waals surface area (Å²) >= 11 is 0. The first-order valence-electron chi connectivity index (χ1n) is 16.7. The summed E-state index contributed by atoms with van der Waals surface area (Å²) < 4.78 is 22.6. The number of hydrogen-bond donors (Lipinski definition) is 4. The highest BCUT2D eigenvalue weighted by Crippen LogP contribution is 2.42. The summed E-state index contributed by atoms with van der Waals surface area (Å²) in [5.41, 5.74) is 2.85. The summed E-state index contributed by atoms with van der Waals surface area (Å²) in [4.78, 5) is 32.5. The van der Waals surface area contributed by atoms with Gasteiger partial charge < -0.3 is 39.8 Å². The second-order valence-electron chi connectivity index (χ2n) is 12.3. The van der Waals surface area contributed by atoms with Crippen LogP contribution in [0.2, 0.25) is 0 Å². The van der Waals surface area contributed by atoms with E-state index in [1.165, 1.54) is 12.1 Å². The van der Waals surface area contributed by atoms with E-state index in [0.717, 1.165) is 35.7 Å². The Morgan fingerprint density at radius 2 is 1.02 bits per heavy atom. The van der Waals surface area contributed by atoms with Gasteiger partial charge in [-0.15, -0.1) is 0 Å². The Hall–Kier alpha value is -5.14. The monoisotopic (exact) mass is 680 g/mol. The van der Waals surface area contributed by atoms with Crippen LogP contribution in [0.25, 0.3) is 0 Å². The van der Waals surface area contributed by atoms with Gasteiger partial charge in [0.25, 0.3) is 0 Å². The van der Waals surface area contributed by atoms with E-state index in [2.05, 4.69) is 20.4 Å². The lowest BCUT2D eigenvalue weighted by Gasteiger charge is -2.27. The number of phenolic OH excluding ortho intramolecular Hbond substituents is 2. The van der Waals surface area contributed by atoms with Gasteiger partial charge in [0.1, 0.15) is 35.5 Å². The summed E-state index contributed by atoms with van der Waals surface area (Å²) in [7, 11) is 3.26.